The summed E-state index contributed by atoms with van der Waals surface area (Å²) in [5.74, 6) is -0.248. The summed E-state index contributed by atoms with van der Waals surface area (Å²) < 4.78 is 29.5. The maximum atomic E-state index is 12.0. The maximum Gasteiger partial charge on any atom is 0.326 e. The second-order valence-electron chi connectivity index (χ2n) is 5.56. The molecule has 124 valence electrons. The van der Waals surface area contributed by atoms with Gasteiger partial charge >= 0.3 is 5.97 Å². The Hall–Kier alpha value is -0.700. The number of esters is 1. The average Bonchev–Trinajstić information content (AvgIpc) is 2.44. The first-order valence-electron chi connectivity index (χ1n) is 7.26. The third-order valence-corrected chi connectivity index (χ3v) is 5.31. The molecule has 8 heteroatoms. The van der Waals surface area contributed by atoms with Crippen molar-refractivity contribution in [2.45, 2.75) is 25.8 Å². The Kier molecular flexibility index (Phi) is 6.58. The molecule has 0 bridgehead atoms. The standard InChI is InChI=1S/C13H27N3O4S/c1-5-20-12(17)13(2,14-3)6-7-15-8-10-16(11-9-15)21(4,18)19/h14H,5-11H2,1-4H3. The van der Waals surface area contributed by atoms with E-state index in [1.807, 2.05) is 6.92 Å². The minimum Gasteiger partial charge on any atom is -0.465 e. The van der Waals surface area contributed by atoms with E-state index in [0.29, 0.717) is 39.2 Å². The van der Waals surface area contributed by atoms with Gasteiger partial charge in [0.1, 0.15) is 5.54 Å². The van der Waals surface area contributed by atoms with Crippen LogP contribution in [0.5, 0.6) is 0 Å². The largest absolute Gasteiger partial charge is 0.465 e. The summed E-state index contributed by atoms with van der Waals surface area (Å²) in [6.45, 7) is 7.11. The molecule has 1 aliphatic rings. The predicted molar refractivity (Wildman–Crippen MR) is 81.6 cm³/mol. The second-order valence-corrected chi connectivity index (χ2v) is 7.54. The van der Waals surface area contributed by atoms with E-state index in [1.165, 1.54) is 10.6 Å². The second kappa shape index (κ2) is 7.53. The van der Waals surface area contributed by atoms with Crippen molar-refractivity contribution in [2.24, 2.45) is 0 Å². The summed E-state index contributed by atoms with van der Waals surface area (Å²) in [6, 6.07) is 0. The molecule has 0 radical (unpaired) electrons. The Labute approximate surface area is 127 Å². The van der Waals surface area contributed by atoms with Gasteiger partial charge in [-0.15, -0.1) is 0 Å². The lowest BCUT2D eigenvalue weighted by Gasteiger charge is -2.35. The van der Waals surface area contributed by atoms with Gasteiger partial charge in [-0.1, -0.05) is 0 Å². The van der Waals surface area contributed by atoms with Crippen LogP contribution in [-0.2, 0) is 19.6 Å². The van der Waals surface area contributed by atoms with Crippen LogP contribution in [0.4, 0.5) is 0 Å². The first-order chi connectivity index (χ1) is 9.73. The lowest BCUT2D eigenvalue weighted by molar-refractivity contribution is -0.150. The van der Waals surface area contributed by atoms with Gasteiger partial charge in [-0.3, -0.25) is 4.79 Å². The highest BCUT2D eigenvalue weighted by atomic mass is 32.2. The van der Waals surface area contributed by atoms with E-state index in [4.69, 9.17) is 4.74 Å². The number of rotatable bonds is 7. The van der Waals surface area contributed by atoms with Gasteiger partial charge in [-0.25, -0.2) is 8.42 Å². The zero-order valence-electron chi connectivity index (χ0n) is 13.4. The third kappa shape index (κ3) is 5.21. The maximum absolute atomic E-state index is 12.0. The van der Waals surface area contributed by atoms with Gasteiger partial charge in [0.05, 0.1) is 12.9 Å². The van der Waals surface area contributed by atoms with E-state index < -0.39 is 15.6 Å². The Bertz CT molecular complexity index is 446. The fourth-order valence-corrected chi connectivity index (χ4v) is 3.11. The van der Waals surface area contributed by atoms with E-state index in [9.17, 15) is 13.2 Å². The zero-order valence-corrected chi connectivity index (χ0v) is 14.2. The van der Waals surface area contributed by atoms with Crippen LogP contribution in [0.15, 0.2) is 0 Å². The average molecular weight is 321 g/mol. The van der Waals surface area contributed by atoms with Crippen LogP contribution in [-0.4, -0.2) is 81.8 Å². The van der Waals surface area contributed by atoms with Crippen LogP contribution < -0.4 is 5.32 Å². The van der Waals surface area contributed by atoms with Crippen molar-refractivity contribution in [3.05, 3.63) is 0 Å². The van der Waals surface area contributed by atoms with Crippen molar-refractivity contribution in [2.75, 3.05) is 52.6 Å². The highest BCUT2D eigenvalue weighted by Gasteiger charge is 2.34. The van der Waals surface area contributed by atoms with Crippen LogP contribution in [0.3, 0.4) is 0 Å². The molecule has 7 nitrogen and oxygen atoms in total. The molecule has 1 atom stereocenters. The van der Waals surface area contributed by atoms with Crippen molar-refractivity contribution in [1.29, 1.82) is 0 Å². The quantitative estimate of drug-likeness (QED) is 0.637. The third-order valence-electron chi connectivity index (χ3n) is 4.01. The molecule has 1 fully saturated rings. The predicted octanol–water partition coefficient (Wildman–Crippen LogP) is -0.505. The molecule has 1 rings (SSSR count). The number of hydrogen-bond donors (Lipinski definition) is 1. The Morgan fingerprint density at radius 3 is 2.29 bits per heavy atom. The normalized spacial score (nSPS) is 21.0. The Morgan fingerprint density at radius 2 is 1.86 bits per heavy atom. The fourth-order valence-electron chi connectivity index (χ4n) is 2.29. The number of hydrogen-bond acceptors (Lipinski definition) is 6. The van der Waals surface area contributed by atoms with Gasteiger partial charge in [-0.2, -0.15) is 4.31 Å². The summed E-state index contributed by atoms with van der Waals surface area (Å²) in [6.07, 6.45) is 1.86. The van der Waals surface area contributed by atoms with E-state index in [1.54, 1.807) is 14.0 Å². The van der Waals surface area contributed by atoms with Crippen molar-refractivity contribution in [1.82, 2.24) is 14.5 Å². The number of piperazine rings is 1. The number of carbonyl (C=O) groups is 1. The summed E-state index contributed by atoms with van der Waals surface area (Å²) in [5, 5.41) is 3.03. The van der Waals surface area contributed by atoms with Gasteiger partial charge in [0.2, 0.25) is 10.0 Å². The molecule has 0 aromatic carbocycles. The molecule has 0 spiro atoms. The SMILES string of the molecule is CCOC(=O)C(C)(CCN1CCN(S(C)(=O)=O)CC1)NC. The molecule has 0 saturated carbocycles. The molecule has 21 heavy (non-hydrogen) atoms. The monoisotopic (exact) mass is 321 g/mol. The number of nitrogens with zero attached hydrogens (tertiary/aromatic N) is 2. The van der Waals surface area contributed by atoms with Gasteiger partial charge < -0.3 is 15.0 Å². The van der Waals surface area contributed by atoms with E-state index in [2.05, 4.69) is 10.2 Å². The van der Waals surface area contributed by atoms with Crippen molar-refractivity contribution in [3.63, 3.8) is 0 Å². The molecular formula is C13H27N3O4S. The number of sulfonamides is 1. The van der Waals surface area contributed by atoms with Gasteiger partial charge in [0.25, 0.3) is 0 Å². The first kappa shape index (κ1) is 18.3. The molecule has 1 unspecified atom stereocenters. The number of carbonyl (C=O) groups excluding carboxylic acids is 1. The number of likely N-dealkylation sites (N-methyl/N-ethyl adjacent to an activating group) is 1. The van der Waals surface area contributed by atoms with Gasteiger partial charge in [-0.05, 0) is 27.3 Å². The van der Waals surface area contributed by atoms with Gasteiger partial charge in [0.15, 0.2) is 0 Å². The summed E-state index contributed by atoms with van der Waals surface area (Å²) in [7, 11) is -1.35. The van der Waals surface area contributed by atoms with Crippen LogP contribution in [0.1, 0.15) is 20.3 Å². The topological polar surface area (TPSA) is 79.0 Å². The van der Waals surface area contributed by atoms with Crippen LogP contribution in [0.25, 0.3) is 0 Å². The molecule has 1 N–H and O–H groups in total. The van der Waals surface area contributed by atoms with E-state index in [-0.39, 0.29) is 5.97 Å². The van der Waals surface area contributed by atoms with Crippen molar-refractivity contribution >= 4 is 16.0 Å². The molecule has 1 saturated heterocycles. The minimum atomic E-state index is -3.10. The smallest absolute Gasteiger partial charge is 0.326 e. The summed E-state index contributed by atoms with van der Waals surface area (Å²) in [5.41, 5.74) is -0.704. The van der Waals surface area contributed by atoms with Crippen LogP contribution >= 0.6 is 0 Å². The molecule has 0 aliphatic carbocycles. The number of nitrogens with one attached hydrogen (secondary N) is 1. The molecule has 1 heterocycles. The van der Waals surface area contributed by atoms with Crippen LogP contribution in [0, 0.1) is 0 Å². The molecule has 0 aromatic rings. The lowest BCUT2D eigenvalue weighted by atomic mass is 9.98. The molecular weight excluding hydrogens is 294 g/mol. The fraction of sp³-hybridized carbons (Fsp3) is 0.923. The molecule has 0 aromatic heterocycles. The Morgan fingerprint density at radius 1 is 1.29 bits per heavy atom. The zero-order chi connectivity index (χ0) is 16.1. The first-order valence-corrected chi connectivity index (χ1v) is 9.11. The number of ether oxygens (including phenoxy) is 1. The highest BCUT2D eigenvalue weighted by Crippen LogP contribution is 2.14. The van der Waals surface area contributed by atoms with E-state index >= 15 is 0 Å². The highest BCUT2D eigenvalue weighted by molar-refractivity contribution is 7.88. The molecule has 0 amide bonds. The van der Waals surface area contributed by atoms with E-state index in [0.717, 1.165) is 6.54 Å². The minimum absolute atomic E-state index is 0.248. The van der Waals surface area contributed by atoms with Crippen molar-refractivity contribution in [3.8, 4) is 0 Å². The summed E-state index contributed by atoms with van der Waals surface area (Å²) in [4.78, 5) is 14.1. The van der Waals surface area contributed by atoms with Gasteiger partial charge in [0, 0.05) is 32.7 Å². The van der Waals surface area contributed by atoms with Crippen molar-refractivity contribution < 1.29 is 17.9 Å². The Balaban J connectivity index is 2.47. The molecule has 1 aliphatic heterocycles. The summed E-state index contributed by atoms with van der Waals surface area (Å²) >= 11 is 0. The van der Waals surface area contributed by atoms with Crippen LogP contribution in [0.2, 0.25) is 0 Å². The lowest BCUT2D eigenvalue weighted by Crippen LogP contribution is -2.53.